The smallest absolute Gasteiger partial charge is 0.252 e. The maximum atomic E-state index is 13.0. The van der Waals surface area contributed by atoms with Crippen molar-refractivity contribution in [3.63, 3.8) is 0 Å². The van der Waals surface area contributed by atoms with Gasteiger partial charge in [-0.05, 0) is 57.5 Å². The van der Waals surface area contributed by atoms with Crippen molar-refractivity contribution >= 4 is 5.91 Å². The number of hydrogen-bond acceptors (Lipinski definition) is 6. The maximum Gasteiger partial charge on any atom is 0.252 e. The van der Waals surface area contributed by atoms with E-state index in [-0.39, 0.29) is 11.9 Å². The summed E-state index contributed by atoms with van der Waals surface area (Å²) in [5.74, 6) is 2.69. The van der Waals surface area contributed by atoms with E-state index in [0.717, 1.165) is 17.7 Å². The van der Waals surface area contributed by atoms with Crippen LogP contribution in [0.15, 0.2) is 30.3 Å². The lowest BCUT2D eigenvalue weighted by Crippen LogP contribution is -2.26. The standard InChI is InChI=1S/C24H31NO6/c1-5-27-21-14-18(15-22(28-6-2)23(21)29-7-3)24(26)25-16(4)17-9-10-19-20(13-17)31-12-8-11-30-19/h9-10,13-16H,5-8,11-12H2,1-4H3,(H,25,26). The fourth-order valence-electron chi connectivity index (χ4n) is 3.33. The van der Waals surface area contributed by atoms with Gasteiger partial charge in [-0.25, -0.2) is 0 Å². The zero-order chi connectivity index (χ0) is 22.2. The molecule has 1 atom stereocenters. The summed E-state index contributed by atoms with van der Waals surface area (Å²) >= 11 is 0. The Morgan fingerprint density at radius 3 is 2.16 bits per heavy atom. The third kappa shape index (κ3) is 5.54. The fraction of sp³-hybridized carbons (Fsp3) is 0.458. The second kappa shape index (κ2) is 10.8. The Hall–Kier alpha value is -3.09. The van der Waals surface area contributed by atoms with E-state index >= 15 is 0 Å². The summed E-state index contributed by atoms with van der Waals surface area (Å²) in [7, 11) is 0. The van der Waals surface area contributed by atoms with E-state index in [2.05, 4.69) is 5.32 Å². The molecule has 1 aliphatic heterocycles. The average Bonchev–Trinajstić information content (AvgIpc) is 3.01. The molecule has 1 N–H and O–H groups in total. The van der Waals surface area contributed by atoms with Gasteiger partial charge in [-0.2, -0.15) is 0 Å². The van der Waals surface area contributed by atoms with E-state index in [1.807, 2.05) is 45.9 Å². The highest BCUT2D eigenvalue weighted by Gasteiger charge is 2.20. The van der Waals surface area contributed by atoms with Crippen molar-refractivity contribution in [1.29, 1.82) is 0 Å². The van der Waals surface area contributed by atoms with E-state index in [1.54, 1.807) is 12.1 Å². The van der Waals surface area contributed by atoms with Crippen molar-refractivity contribution in [2.45, 2.75) is 40.2 Å². The molecule has 1 unspecified atom stereocenters. The first-order chi connectivity index (χ1) is 15.1. The topological polar surface area (TPSA) is 75.3 Å². The molecule has 1 amide bonds. The molecule has 1 heterocycles. The zero-order valence-corrected chi connectivity index (χ0v) is 18.7. The second-order valence-corrected chi connectivity index (χ2v) is 7.05. The summed E-state index contributed by atoms with van der Waals surface area (Å²) in [6.45, 7) is 10.2. The number of rotatable bonds is 9. The molecular weight excluding hydrogens is 398 g/mol. The van der Waals surface area contributed by atoms with Crippen LogP contribution in [0.5, 0.6) is 28.7 Å². The molecule has 1 aliphatic rings. The highest BCUT2D eigenvalue weighted by Crippen LogP contribution is 2.39. The Kier molecular flexibility index (Phi) is 7.87. The van der Waals surface area contributed by atoms with Crippen LogP contribution >= 0.6 is 0 Å². The molecule has 7 heteroatoms. The second-order valence-electron chi connectivity index (χ2n) is 7.05. The number of fused-ring (bicyclic) bond motifs is 1. The molecule has 0 aromatic heterocycles. The largest absolute Gasteiger partial charge is 0.490 e. The van der Waals surface area contributed by atoms with Crippen molar-refractivity contribution in [3.05, 3.63) is 41.5 Å². The fourth-order valence-corrected chi connectivity index (χ4v) is 3.33. The molecule has 31 heavy (non-hydrogen) atoms. The van der Waals surface area contributed by atoms with Gasteiger partial charge in [-0.3, -0.25) is 4.79 Å². The van der Waals surface area contributed by atoms with Gasteiger partial charge in [0, 0.05) is 12.0 Å². The molecule has 2 aromatic carbocycles. The van der Waals surface area contributed by atoms with Gasteiger partial charge in [0.15, 0.2) is 23.0 Å². The Balaban J connectivity index is 1.82. The van der Waals surface area contributed by atoms with Crippen LogP contribution in [0, 0.1) is 0 Å². The van der Waals surface area contributed by atoms with Gasteiger partial charge in [0.2, 0.25) is 5.75 Å². The third-order valence-corrected chi connectivity index (χ3v) is 4.79. The Morgan fingerprint density at radius 2 is 1.55 bits per heavy atom. The van der Waals surface area contributed by atoms with Gasteiger partial charge >= 0.3 is 0 Å². The monoisotopic (exact) mass is 429 g/mol. The van der Waals surface area contributed by atoms with Crippen molar-refractivity contribution < 1.29 is 28.5 Å². The number of nitrogens with one attached hydrogen (secondary N) is 1. The third-order valence-electron chi connectivity index (χ3n) is 4.79. The summed E-state index contributed by atoms with van der Waals surface area (Å²) in [5.41, 5.74) is 1.37. The van der Waals surface area contributed by atoms with Crippen LogP contribution in [-0.4, -0.2) is 38.9 Å². The van der Waals surface area contributed by atoms with E-state index in [4.69, 9.17) is 23.7 Å². The van der Waals surface area contributed by atoms with Gasteiger partial charge in [-0.15, -0.1) is 0 Å². The molecule has 0 radical (unpaired) electrons. The number of hydrogen-bond donors (Lipinski definition) is 1. The molecule has 0 aliphatic carbocycles. The van der Waals surface area contributed by atoms with Crippen molar-refractivity contribution in [1.82, 2.24) is 5.32 Å². The number of carbonyl (C=O) groups is 1. The molecule has 7 nitrogen and oxygen atoms in total. The van der Waals surface area contributed by atoms with E-state index in [9.17, 15) is 4.79 Å². The minimum absolute atomic E-state index is 0.232. The van der Waals surface area contributed by atoms with Crippen LogP contribution < -0.4 is 29.0 Å². The molecule has 0 saturated carbocycles. The van der Waals surface area contributed by atoms with Crippen LogP contribution in [0.4, 0.5) is 0 Å². The quantitative estimate of drug-likeness (QED) is 0.631. The van der Waals surface area contributed by atoms with Crippen molar-refractivity contribution in [2.24, 2.45) is 0 Å². The number of carbonyl (C=O) groups excluding carboxylic acids is 1. The lowest BCUT2D eigenvalue weighted by Gasteiger charge is -2.19. The number of amides is 1. The van der Waals surface area contributed by atoms with Gasteiger partial charge in [0.1, 0.15) is 0 Å². The van der Waals surface area contributed by atoms with Gasteiger partial charge in [0.05, 0.1) is 39.1 Å². The first kappa shape index (κ1) is 22.6. The number of ether oxygens (including phenoxy) is 5. The lowest BCUT2D eigenvalue weighted by molar-refractivity contribution is 0.0938. The van der Waals surface area contributed by atoms with Crippen LogP contribution in [0.3, 0.4) is 0 Å². The summed E-state index contributed by atoms with van der Waals surface area (Å²) in [6, 6.07) is 8.88. The van der Waals surface area contributed by atoms with Crippen LogP contribution in [0.2, 0.25) is 0 Å². The molecule has 0 spiro atoms. The first-order valence-electron chi connectivity index (χ1n) is 10.8. The predicted octanol–water partition coefficient (Wildman–Crippen LogP) is 4.54. The van der Waals surface area contributed by atoms with Crippen LogP contribution in [0.1, 0.15) is 56.1 Å². The molecule has 2 aromatic rings. The minimum atomic E-state index is -0.234. The normalized spacial score (nSPS) is 13.7. The zero-order valence-electron chi connectivity index (χ0n) is 18.7. The van der Waals surface area contributed by atoms with Gasteiger partial charge in [-0.1, -0.05) is 6.07 Å². The Bertz CT molecular complexity index is 871. The molecule has 0 fully saturated rings. The summed E-state index contributed by atoms with van der Waals surface area (Å²) < 4.78 is 28.6. The van der Waals surface area contributed by atoms with Crippen LogP contribution in [-0.2, 0) is 0 Å². The lowest BCUT2D eigenvalue weighted by atomic mass is 10.1. The van der Waals surface area contributed by atoms with Gasteiger partial charge in [0.25, 0.3) is 5.91 Å². The minimum Gasteiger partial charge on any atom is -0.490 e. The van der Waals surface area contributed by atoms with E-state index < -0.39 is 0 Å². The molecular formula is C24H31NO6. The average molecular weight is 430 g/mol. The summed E-state index contributed by atoms with van der Waals surface area (Å²) in [4.78, 5) is 13.0. The van der Waals surface area contributed by atoms with Crippen LogP contribution in [0.25, 0.3) is 0 Å². The Labute approximate surface area is 183 Å². The van der Waals surface area contributed by atoms with Crippen molar-refractivity contribution in [2.75, 3.05) is 33.0 Å². The van der Waals surface area contributed by atoms with Gasteiger partial charge < -0.3 is 29.0 Å². The van der Waals surface area contributed by atoms with E-state index in [1.165, 1.54) is 0 Å². The summed E-state index contributed by atoms with van der Waals surface area (Å²) in [5, 5.41) is 3.04. The molecule has 168 valence electrons. The Morgan fingerprint density at radius 1 is 0.935 bits per heavy atom. The van der Waals surface area contributed by atoms with E-state index in [0.29, 0.717) is 61.6 Å². The first-order valence-corrected chi connectivity index (χ1v) is 10.8. The summed E-state index contributed by atoms with van der Waals surface area (Å²) in [6.07, 6.45) is 0.846. The highest BCUT2D eigenvalue weighted by molar-refractivity contribution is 5.96. The number of benzene rings is 2. The SMILES string of the molecule is CCOc1cc(C(=O)NC(C)c2ccc3c(c2)OCCCO3)cc(OCC)c1OCC. The van der Waals surface area contributed by atoms with Crippen molar-refractivity contribution in [3.8, 4) is 28.7 Å². The highest BCUT2D eigenvalue weighted by atomic mass is 16.5. The predicted molar refractivity (Wildman–Crippen MR) is 118 cm³/mol. The molecule has 3 rings (SSSR count). The molecule has 0 bridgehead atoms. The maximum absolute atomic E-state index is 13.0. The molecule has 0 saturated heterocycles.